The third kappa shape index (κ3) is 3.52. The lowest BCUT2D eigenvalue weighted by Gasteiger charge is -2.15. The number of hydrogen-bond acceptors (Lipinski definition) is 2. The van der Waals surface area contributed by atoms with Crippen molar-refractivity contribution in [1.29, 1.82) is 0 Å². The molecule has 1 unspecified atom stereocenters. The van der Waals surface area contributed by atoms with Gasteiger partial charge in [0.15, 0.2) is 11.6 Å². The minimum atomic E-state index is -0.464. The van der Waals surface area contributed by atoms with Gasteiger partial charge in [0, 0.05) is 0 Å². The van der Waals surface area contributed by atoms with Gasteiger partial charge in [0.2, 0.25) is 0 Å². The number of carbonyl (C=O) groups is 1. The predicted molar refractivity (Wildman–Crippen MR) is 80.3 cm³/mol. The number of rotatable bonds is 4. The Balaban J connectivity index is 2.14. The Bertz CT molecular complexity index is 660. The van der Waals surface area contributed by atoms with Crippen LogP contribution >= 0.6 is 11.6 Å². The van der Waals surface area contributed by atoms with Crippen LogP contribution in [-0.4, -0.2) is 13.0 Å². The van der Waals surface area contributed by atoms with Crippen LogP contribution in [0.5, 0.6) is 5.75 Å². The van der Waals surface area contributed by atoms with E-state index in [-0.39, 0.29) is 17.7 Å². The summed E-state index contributed by atoms with van der Waals surface area (Å²) in [7, 11) is 1.40. The summed E-state index contributed by atoms with van der Waals surface area (Å²) < 4.78 is 18.5. The summed E-state index contributed by atoms with van der Waals surface area (Å²) in [6.07, 6.45) is 0. The van der Waals surface area contributed by atoms with E-state index in [1.807, 2.05) is 0 Å². The first kappa shape index (κ1) is 15.3. The minimum absolute atomic E-state index is 0.170. The SMILES string of the molecule is COc1ccc(C(C)NC(=O)c2ccccc2Cl)cc1F. The van der Waals surface area contributed by atoms with Crippen LogP contribution < -0.4 is 10.1 Å². The van der Waals surface area contributed by atoms with E-state index in [0.717, 1.165) is 0 Å². The maximum atomic E-state index is 13.7. The van der Waals surface area contributed by atoms with Gasteiger partial charge in [-0.3, -0.25) is 4.79 Å². The number of ether oxygens (including phenoxy) is 1. The van der Waals surface area contributed by atoms with Crippen molar-refractivity contribution in [2.24, 2.45) is 0 Å². The highest BCUT2D eigenvalue weighted by Gasteiger charge is 2.15. The number of halogens is 2. The highest BCUT2D eigenvalue weighted by Crippen LogP contribution is 2.22. The van der Waals surface area contributed by atoms with Crippen LogP contribution in [0.3, 0.4) is 0 Å². The molecule has 1 atom stereocenters. The van der Waals surface area contributed by atoms with Gasteiger partial charge in [-0.1, -0.05) is 29.8 Å². The lowest BCUT2D eigenvalue weighted by molar-refractivity contribution is 0.0940. The first-order valence-electron chi connectivity index (χ1n) is 6.41. The van der Waals surface area contributed by atoms with Gasteiger partial charge in [0.1, 0.15) is 0 Å². The number of amides is 1. The van der Waals surface area contributed by atoms with Gasteiger partial charge in [-0.05, 0) is 36.8 Å². The van der Waals surface area contributed by atoms with E-state index in [1.54, 1.807) is 37.3 Å². The van der Waals surface area contributed by atoms with Gasteiger partial charge in [-0.2, -0.15) is 0 Å². The first-order chi connectivity index (χ1) is 10.0. The van der Waals surface area contributed by atoms with E-state index < -0.39 is 5.82 Å². The third-order valence-electron chi connectivity index (χ3n) is 3.14. The van der Waals surface area contributed by atoms with Gasteiger partial charge in [-0.15, -0.1) is 0 Å². The van der Waals surface area contributed by atoms with E-state index in [9.17, 15) is 9.18 Å². The van der Waals surface area contributed by atoms with Gasteiger partial charge in [0.05, 0.1) is 23.7 Å². The largest absolute Gasteiger partial charge is 0.494 e. The quantitative estimate of drug-likeness (QED) is 0.928. The zero-order chi connectivity index (χ0) is 15.4. The smallest absolute Gasteiger partial charge is 0.253 e. The van der Waals surface area contributed by atoms with E-state index >= 15 is 0 Å². The van der Waals surface area contributed by atoms with Crippen LogP contribution in [0.1, 0.15) is 28.9 Å². The molecule has 0 aliphatic rings. The summed E-state index contributed by atoms with van der Waals surface area (Å²) in [5, 5.41) is 3.17. The van der Waals surface area contributed by atoms with Crippen LogP contribution in [0.2, 0.25) is 5.02 Å². The topological polar surface area (TPSA) is 38.3 Å². The van der Waals surface area contributed by atoms with E-state index in [0.29, 0.717) is 16.1 Å². The Hall–Kier alpha value is -2.07. The molecule has 0 aliphatic carbocycles. The molecule has 0 aromatic heterocycles. The Morgan fingerprint density at radius 2 is 2.00 bits per heavy atom. The van der Waals surface area contributed by atoms with Crippen LogP contribution in [0.25, 0.3) is 0 Å². The molecule has 0 bridgehead atoms. The zero-order valence-corrected chi connectivity index (χ0v) is 12.4. The highest BCUT2D eigenvalue weighted by molar-refractivity contribution is 6.33. The summed E-state index contributed by atoms with van der Waals surface area (Å²) >= 11 is 5.98. The van der Waals surface area contributed by atoms with Crippen molar-refractivity contribution in [1.82, 2.24) is 5.32 Å². The fourth-order valence-electron chi connectivity index (χ4n) is 1.96. The number of methoxy groups -OCH3 is 1. The molecule has 0 saturated carbocycles. The molecule has 5 heteroatoms. The van der Waals surface area contributed by atoms with Crippen molar-refractivity contribution < 1.29 is 13.9 Å². The minimum Gasteiger partial charge on any atom is -0.494 e. The Morgan fingerprint density at radius 3 is 2.62 bits per heavy atom. The molecule has 2 rings (SSSR count). The van der Waals surface area contributed by atoms with E-state index in [2.05, 4.69) is 5.32 Å². The molecule has 1 N–H and O–H groups in total. The number of carbonyl (C=O) groups excluding carboxylic acids is 1. The molecular weight excluding hydrogens is 293 g/mol. The lowest BCUT2D eigenvalue weighted by atomic mass is 10.1. The third-order valence-corrected chi connectivity index (χ3v) is 3.47. The number of benzene rings is 2. The van der Waals surface area contributed by atoms with Crippen LogP contribution in [0.4, 0.5) is 4.39 Å². The van der Waals surface area contributed by atoms with Crippen molar-refractivity contribution in [3.05, 3.63) is 64.4 Å². The predicted octanol–water partition coefficient (Wildman–Crippen LogP) is 3.98. The molecule has 110 valence electrons. The van der Waals surface area contributed by atoms with Gasteiger partial charge in [-0.25, -0.2) is 4.39 Å². The first-order valence-corrected chi connectivity index (χ1v) is 6.79. The van der Waals surface area contributed by atoms with Gasteiger partial charge >= 0.3 is 0 Å². The zero-order valence-electron chi connectivity index (χ0n) is 11.7. The molecule has 21 heavy (non-hydrogen) atoms. The summed E-state index contributed by atoms with van der Waals surface area (Å²) in [6, 6.07) is 11.0. The molecular formula is C16H15ClFNO2. The van der Waals surface area contributed by atoms with Crippen LogP contribution in [-0.2, 0) is 0 Å². The summed E-state index contributed by atoms with van der Waals surface area (Å²) in [5.41, 5.74) is 1.04. The fraction of sp³-hybridized carbons (Fsp3) is 0.188. The molecule has 0 heterocycles. The summed E-state index contributed by atoms with van der Waals surface area (Å²) in [6.45, 7) is 1.77. The Morgan fingerprint density at radius 1 is 1.29 bits per heavy atom. The molecule has 3 nitrogen and oxygen atoms in total. The van der Waals surface area contributed by atoms with E-state index in [1.165, 1.54) is 19.2 Å². The van der Waals surface area contributed by atoms with Gasteiger partial charge < -0.3 is 10.1 Å². The molecule has 0 radical (unpaired) electrons. The average Bonchev–Trinajstić information content (AvgIpc) is 2.47. The summed E-state index contributed by atoms with van der Waals surface area (Å²) in [5.74, 6) is -0.596. The monoisotopic (exact) mass is 307 g/mol. The van der Waals surface area contributed by atoms with Crippen molar-refractivity contribution in [3.8, 4) is 5.75 Å². The number of nitrogens with one attached hydrogen (secondary N) is 1. The van der Waals surface area contributed by atoms with Crippen LogP contribution in [0, 0.1) is 5.82 Å². The van der Waals surface area contributed by atoms with Crippen molar-refractivity contribution in [2.45, 2.75) is 13.0 Å². The molecule has 1 amide bonds. The summed E-state index contributed by atoms with van der Waals surface area (Å²) in [4.78, 5) is 12.1. The average molecular weight is 308 g/mol. The second-order valence-corrected chi connectivity index (χ2v) is 4.98. The normalized spacial score (nSPS) is 11.8. The van der Waals surface area contributed by atoms with Gasteiger partial charge in [0.25, 0.3) is 5.91 Å². The highest BCUT2D eigenvalue weighted by atomic mass is 35.5. The maximum Gasteiger partial charge on any atom is 0.253 e. The standard InChI is InChI=1S/C16H15ClFNO2/c1-10(11-7-8-15(21-2)14(18)9-11)19-16(20)12-5-3-4-6-13(12)17/h3-10H,1-2H3,(H,19,20). The van der Waals surface area contributed by atoms with Crippen LogP contribution in [0.15, 0.2) is 42.5 Å². The molecule has 0 fully saturated rings. The Labute approximate surface area is 127 Å². The molecule has 0 spiro atoms. The second kappa shape index (κ2) is 6.59. The Kier molecular flexibility index (Phi) is 4.81. The van der Waals surface area contributed by atoms with Crippen molar-refractivity contribution in [3.63, 3.8) is 0 Å². The maximum absolute atomic E-state index is 13.7. The van der Waals surface area contributed by atoms with E-state index in [4.69, 9.17) is 16.3 Å². The fourth-order valence-corrected chi connectivity index (χ4v) is 2.18. The second-order valence-electron chi connectivity index (χ2n) is 4.57. The molecule has 0 saturated heterocycles. The molecule has 2 aromatic carbocycles. The number of hydrogen-bond donors (Lipinski definition) is 1. The molecule has 2 aromatic rings. The van der Waals surface area contributed by atoms with Crippen molar-refractivity contribution in [2.75, 3.05) is 7.11 Å². The van der Waals surface area contributed by atoms with Crippen molar-refractivity contribution >= 4 is 17.5 Å². The molecule has 0 aliphatic heterocycles. The lowest BCUT2D eigenvalue weighted by Crippen LogP contribution is -2.26.